The van der Waals surface area contributed by atoms with E-state index in [1.807, 2.05) is 41.2 Å². The van der Waals surface area contributed by atoms with Crippen molar-refractivity contribution in [2.45, 2.75) is 13.5 Å². The molecule has 0 aliphatic heterocycles. The molecule has 2 N–H and O–H groups in total. The first kappa shape index (κ1) is 23.2. The zero-order valence-corrected chi connectivity index (χ0v) is 19.9. The summed E-state index contributed by atoms with van der Waals surface area (Å²) >= 11 is 1.52. The SMILES string of the molecule is CC(=O)NCC#Cc1cc2ncnc(Nc3ccc4c(cnn4Cc4ccccc4)c3)c2s1.Cl. The number of nitrogens with one attached hydrogen (secondary N) is 2. The Hall–Kier alpha value is -3.93. The quantitative estimate of drug-likeness (QED) is 0.349. The van der Waals surface area contributed by atoms with Gasteiger partial charge in [-0.3, -0.25) is 9.48 Å². The summed E-state index contributed by atoms with van der Waals surface area (Å²) in [6.45, 7) is 2.52. The van der Waals surface area contributed by atoms with Gasteiger partial charge in [-0.15, -0.1) is 23.7 Å². The molecule has 0 saturated heterocycles. The molecule has 0 spiro atoms. The van der Waals surface area contributed by atoms with E-state index in [0.29, 0.717) is 6.54 Å². The van der Waals surface area contributed by atoms with E-state index in [2.05, 4.69) is 61.8 Å². The van der Waals surface area contributed by atoms with Crippen LogP contribution in [-0.4, -0.2) is 32.2 Å². The second-order valence-electron chi connectivity index (χ2n) is 7.45. The van der Waals surface area contributed by atoms with Crippen molar-refractivity contribution >= 4 is 62.3 Å². The third-order valence-electron chi connectivity index (χ3n) is 5.03. The molecule has 0 aliphatic rings. The average molecular weight is 489 g/mol. The van der Waals surface area contributed by atoms with Crippen LogP contribution in [0.1, 0.15) is 17.4 Å². The Kier molecular flexibility index (Phi) is 7.07. The van der Waals surface area contributed by atoms with E-state index >= 15 is 0 Å². The first-order valence-electron chi connectivity index (χ1n) is 10.4. The van der Waals surface area contributed by atoms with Crippen LogP contribution in [0.5, 0.6) is 0 Å². The van der Waals surface area contributed by atoms with E-state index in [0.717, 1.165) is 44.0 Å². The molecule has 0 fully saturated rings. The van der Waals surface area contributed by atoms with Gasteiger partial charge in [-0.2, -0.15) is 5.10 Å². The number of benzene rings is 2. The molecule has 0 radical (unpaired) electrons. The lowest BCUT2D eigenvalue weighted by Gasteiger charge is -2.07. The predicted molar refractivity (Wildman–Crippen MR) is 139 cm³/mol. The number of carbonyl (C=O) groups is 1. The lowest BCUT2D eigenvalue weighted by molar-refractivity contribution is -0.118. The van der Waals surface area contributed by atoms with Gasteiger partial charge in [0.25, 0.3) is 0 Å². The molecule has 7 nitrogen and oxygen atoms in total. The fraction of sp³-hybridized carbons (Fsp3) is 0.120. The highest BCUT2D eigenvalue weighted by molar-refractivity contribution is 7.20. The van der Waals surface area contributed by atoms with Crippen LogP contribution in [0.4, 0.5) is 11.5 Å². The lowest BCUT2D eigenvalue weighted by Crippen LogP contribution is -2.19. The number of hydrogen-bond donors (Lipinski definition) is 2. The summed E-state index contributed by atoms with van der Waals surface area (Å²) < 4.78 is 2.93. The summed E-state index contributed by atoms with van der Waals surface area (Å²) in [6, 6.07) is 18.4. The van der Waals surface area contributed by atoms with E-state index in [-0.39, 0.29) is 18.3 Å². The highest BCUT2D eigenvalue weighted by Crippen LogP contribution is 2.31. The van der Waals surface area contributed by atoms with Gasteiger partial charge in [0.15, 0.2) is 5.82 Å². The Morgan fingerprint density at radius 2 is 1.97 bits per heavy atom. The van der Waals surface area contributed by atoms with Gasteiger partial charge in [-0.1, -0.05) is 42.2 Å². The Morgan fingerprint density at radius 3 is 2.79 bits per heavy atom. The summed E-state index contributed by atoms with van der Waals surface area (Å²) in [4.78, 5) is 20.6. The minimum absolute atomic E-state index is 0. The highest BCUT2D eigenvalue weighted by Gasteiger charge is 2.10. The average Bonchev–Trinajstić information content (AvgIpc) is 3.42. The normalized spacial score (nSPS) is 10.4. The Morgan fingerprint density at radius 1 is 1.12 bits per heavy atom. The van der Waals surface area contributed by atoms with Gasteiger partial charge < -0.3 is 10.6 Å². The summed E-state index contributed by atoms with van der Waals surface area (Å²) in [7, 11) is 0. The molecule has 5 rings (SSSR count). The van der Waals surface area contributed by atoms with Crippen molar-refractivity contribution in [2.24, 2.45) is 0 Å². The van der Waals surface area contributed by atoms with Gasteiger partial charge in [0.1, 0.15) is 6.33 Å². The number of nitrogens with zero attached hydrogens (tertiary/aromatic N) is 4. The molecule has 0 aliphatic carbocycles. The molecule has 34 heavy (non-hydrogen) atoms. The molecule has 9 heteroatoms. The van der Waals surface area contributed by atoms with Gasteiger partial charge in [0, 0.05) is 18.0 Å². The van der Waals surface area contributed by atoms with Crippen molar-refractivity contribution in [1.82, 2.24) is 25.1 Å². The molecule has 1 amide bonds. The van der Waals surface area contributed by atoms with E-state index in [9.17, 15) is 4.79 Å². The molecular formula is C25H21ClN6OS. The van der Waals surface area contributed by atoms with Crippen LogP contribution in [0.2, 0.25) is 0 Å². The van der Waals surface area contributed by atoms with Crippen molar-refractivity contribution in [2.75, 3.05) is 11.9 Å². The number of amides is 1. The van der Waals surface area contributed by atoms with Crippen LogP contribution in [0.3, 0.4) is 0 Å². The number of anilines is 2. The van der Waals surface area contributed by atoms with Gasteiger partial charge in [0.05, 0.1) is 39.9 Å². The van der Waals surface area contributed by atoms with Crippen LogP contribution in [0, 0.1) is 11.8 Å². The molecule has 3 heterocycles. The van der Waals surface area contributed by atoms with E-state index < -0.39 is 0 Å². The molecule has 0 saturated carbocycles. The molecule has 0 bridgehead atoms. The Bertz CT molecular complexity index is 1520. The second-order valence-corrected chi connectivity index (χ2v) is 8.50. The fourth-order valence-electron chi connectivity index (χ4n) is 3.49. The number of carbonyl (C=O) groups excluding carboxylic acids is 1. The maximum atomic E-state index is 11.0. The number of aromatic nitrogens is 4. The summed E-state index contributed by atoms with van der Waals surface area (Å²) in [5.74, 6) is 6.66. The first-order valence-corrected chi connectivity index (χ1v) is 11.2. The summed E-state index contributed by atoms with van der Waals surface area (Å²) in [5, 5.41) is 11.7. The zero-order valence-electron chi connectivity index (χ0n) is 18.3. The highest BCUT2D eigenvalue weighted by atomic mass is 35.5. The van der Waals surface area contributed by atoms with Crippen LogP contribution >= 0.6 is 23.7 Å². The number of halogens is 1. The molecule has 3 aromatic heterocycles. The number of thiophene rings is 1. The lowest BCUT2D eigenvalue weighted by atomic mass is 10.2. The van der Waals surface area contributed by atoms with Crippen molar-refractivity contribution in [3.63, 3.8) is 0 Å². The topological polar surface area (TPSA) is 84.7 Å². The zero-order chi connectivity index (χ0) is 22.6. The minimum atomic E-state index is -0.0967. The molecule has 170 valence electrons. The monoisotopic (exact) mass is 488 g/mol. The van der Waals surface area contributed by atoms with Gasteiger partial charge in [-0.05, 0) is 29.8 Å². The van der Waals surface area contributed by atoms with Crippen molar-refractivity contribution in [1.29, 1.82) is 0 Å². The standard InChI is InChI=1S/C25H20N6OS.ClH/c1-17(32)26-11-5-8-21-13-22-24(33-21)25(28-16-27-22)30-20-9-10-23-19(12-20)14-29-31(23)15-18-6-3-2-4-7-18;/h2-4,6-7,9-10,12-14,16H,11,15H2,1H3,(H,26,32)(H,27,28,30);1H. The molecular weight excluding hydrogens is 468 g/mol. The van der Waals surface area contributed by atoms with Crippen molar-refractivity contribution < 1.29 is 4.79 Å². The third kappa shape index (κ3) is 5.17. The van der Waals surface area contributed by atoms with Crippen molar-refractivity contribution in [3.05, 3.63) is 77.6 Å². The number of hydrogen-bond acceptors (Lipinski definition) is 6. The summed E-state index contributed by atoms with van der Waals surface area (Å²) in [6.07, 6.45) is 3.43. The van der Waals surface area contributed by atoms with Crippen LogP contribution in [-0.2, 0) is 11.3 Å². The van der Waals surface area contributed by atoms with Gasteiger partial charge >= 0.3 is 0 Å². The first-order chi connectivity index (χ1) is 16.2. The van der Waals surface area contributed by atoms with E-state index in [1.54, 1.807) is 6.33 Å². The Balaban J connectivity index is 0.00000274. The maximum Gasteiger partial charge on any atom is 0.217 e. The maximum absolute atomic E-state index is 11.0. The van der Waals surface area contributed by atoms with Gasteiger partial charge in [-0.25, -0.2) is 9.97 Å². The fourth-order valence-corrected chi connectivity index (χ4v) is 4.42. The van der Waals surface area contributed by atoms with Crippen LogP contribution in [0.25, 0.3) is 21.1 Å². The second kappa shape index (κ2) is 10.3. The number of fused-ring (bicyclic) bond motifs is 2. The predicted octanol–water partition coefficient (Wildman–Crippen LogP) is 4.74. The van der Waals surface area contributed by atoms with Crippen LogP contribution in [0.15, 0.2) is 67.1 Å². The molecule has 5 aromatic rings. The van der Waals surface area contributed by atoms with Crippen molar-refractivity contribution in [3.8, 4) is 11.8 Å². The Labute approximate surface area is 206 Å². The number of rotatable bonds is 5. The van der Waals surface area contributed by atoms with Crippen LogP contribution < -0.4 is 10.6 Å². The van der Waals surface area contributed by atoms with E-state index in [1.165, 1.54) is 23.8 Å². The smallest absolute Gasteiger partial charge is 0.217 e. The van der Waals surface area contributed by atoms with E-state index in [4.69, 9.17) is 0 Å². The largest absolute Gasteiger partial charge is 0.345 e. The molecule has 0 atom stereocenters. The minimum Gasteiger partial charge on any atom is -0.345 e. The molecule has 0 unspecified atom stereocenters. The summed E-state index contributed by atoms with van der Waals surface area (Å²) in [5.41, 5.74) is 4.04. The third-order valence-corrected chi connectivity index (χ3v) is 6.07. The van der Waals surface area contributed by atoms with Gasteiger partial charge in [0.2, 0.25) is 5.91 Å². The molecule has 2 aromatic carbocycles.